The predicted molar refractivity (Wildman–Crippen MR) is 116 cm³/mol. The Kier molecular flexibility index (Phi) is 7.79. The monoisotopic (exact) mass is 493 g/mol. The molecule has 0 radical (unpaired) electrons. The van der Waals surface area contributed by atoms with Gasteiger partial charge in [-0.2, -0.15) is 17.6 Å². The molecule has 11 heteroatoms. The van der Waals surface area contributed by atoms with Crippen LogP contribution in [0, 0.1) is 17.6 Å². The lowest BCUT2D eigenvalue weighted by molar-refractivity contribution is -0.272. The molecule has 2 saturated heterocycles. The number of halogens is 5. The zero-order valence-corrected chi connectivity index (χ0v) is 20.0. The number of piperazine rings is 1. The van der Waals surface area contributed by atoms with Crippen molar-refractivity contribution in [2.45, 2.75) is 50.6 Å². The molecule has 0 aromatic heterocycles. The number of alkyl halides is 3. The quantitative estimate of drug-likeness (QED) is 0.618. The Morgan fingerprint density at radius 2 is 1.88 bits per heavy atom. The van der Waals surface area contributed by atoms with E-state index in [2.05, 4.69) is 15.1 Å². The standard InChI is InChI=1S/C23H32F5N3O3/c1-13(31-10-8-30(4)9-11-31)12-29-21(32)20-17(14(2)22(3,34-20)23(26,27)28)15-6-7-16(24)18(25)19(15)33-5/h6-7,13-14,17,20H,8-12H2,1-5H3,(H,29,32)/t13-,14-,17-,20+,22+/m0/s1. The third-order valence-electron chi connectivity index (χ3n) is 7.30. The van der Waals surface area contributed by atoms with Crippen LogP contribution in [-0.2, 0) is 9.53 Å². The molecule has 0 saturated carbocycles. The van der Waals surface area contributed by atoms with Gasteiger partial charge in [-0.15, -0.1) is 0 Å². The van der Waals surface area contributed by atoms with Crippen molar-refractivity contribution < 1.29 is 36.2 Å². The van der Waals surface area contributed by atoms with Crippen LogP contribution < -0.4 is 10.1 Å². The number of methoxy groups -OCH3 is 1. The lowest BCUT2D eigenvalue weighted by atomic mass is 9.77. The first-order chi connectivity index (χ1) is 15.8. The fraction of sp³-hybridized carbons (Fsp3) is 0.696. The van der Waals surface area contributed by atoms with Gasteiger partial charge < -0.3 is 19.7 Å². The first kappa shape index (κ1) is 26.6. The summed E-state index contributed by atoms with van der Waals surface area (Å²) in [4.78, 5) is 17.5. The van der Waals surface area contributed by atoms with Crippen molar-refractivity contribution in [3.05, 3.63) is 29.3 Å². The van der Waals surface area contributed by atoms with Crippen molar-refractivity contribution in [3.8, 4) is 5.75 Å². The minimum atomic E-state index is -4.79. The van der Waals surface area contributed by atoms with Gasteiger partial charge in [0.05, 0.1) is 7.11 Å². The van der Waals surface area contributed by atoms with Crippen LogP contribution in [0.2, 0.25) is 0 Å². The lowest BCUT2D eigenvalue weighted by Crippen LogP contribution is -2.52. The van der Waals surface area contributed by atoms with Crippen LogP contribution in [0.5, 0.6) is 5.75 Å². The molecule has 2 aliphatic heterocycles. The molecule has 2 heterocycles. The highest BCUT2D eigenvalue weighted by Gasteiger charge is 2.65. The average Bonchev–Trinajstić information content (AvgIpc) is 3.06. The smallest absolute Gasteiger partial charge is 0.417 e. The van der Waals surface area contributed by atoms with Gasteiger partial charge in [0, 0.05) is 56.2 Å². The summed E-state index contributed by atoms with van der Waals surface area (Å²) >= 11 is 0. The van der Waals surface area contributed by atoms with Gasteiger partial charge in [0.1, 0.15) is 6.10 Å². The molecule has 1 amide bonds. The van der Waals surface area contributed by atoms with Crippen molar-refractivity contribution in [1.29, 1.82) is 0 Å². The second kappa shape index (κ2) is 9.94. The summed E-state index contributed by atoms with van der Waals surface area (Å²) in [7, 11) is 3.12. The van der Waals surface area contributed by atoms with E-state index < -0.39 is 53.0 Å². The summed E-state index contributed by atoms with van der Waals surface area (Å²) in [5.74, 6) is -6.29. The molecule has 0 spiro atoms. The Balaban J connectivity index is 1.87. The highest BCUT2D eigenvalue weighted by atomic mass is 19.4. The van der Waals surface area contributed by atoms with Crippen LogP contribution in [0.3, 0.4) is 0 Å². The Morgan fingerprint density at radius 1 is 1.26 bits per heavy atom. The van der Waals surface area contributed by atoms with E-state index in [1.165, 1.54) is 6.92 Å². The average molecular weight is 494 g/mol. The molecule has 0 aliphatic carbocycles. The Morgan fingerprint density at radius 3 is 2.44 bits per heavy atom. The topological polar surface area (TPSA) is 54.0 Å². The summed E-state index contributed by atoms with van der Waals surface area (Å²) in [6.45, 7) is 7.68. The molecule has 0 unspecified atom stereocenters. The van der Waals surface area contributed by atoms with Gasteiger partial charge in [0.25, 0.3) is 0 Å². The molecule has 1 aromatic carbocycles. The second-order valence-corrected chi connectivity index (χ2v) is 9.37. The molecule has 2 aliphatic rings. The zero-order valence-electron chi connectivity index (χ0n) is 20.0. The number of hydrogen-bond donors (Lipinski definition) is 1. The van der Waals surface area contributed by atoms with Crippen molar-refractivity contribution in [2.75, 3.05) is 46.9 Å². The lowest BCUT2D eigenvalue weighted by Gasteiger charge is -2.36. The van der Waals surface area contributed by atoms with Crippen LogP contribution >= 0.6 is 0 Å². The maximum atomic E-state index is 14.4. The molecule has 192 valence electrons. The van der Waals surface area contributed by atoms with E-state index in [0.717, 1.165) is 52.3 Å². The minimum absolute atomic E-state index is 0.0401. The zero-order chi connectivity index (χ0) is 25.4. The van der Waals surface area contributed by atoms with E-state index in [1.54, 1.807) is 0 Å². The third-order valence-corrected chi connectivity index (χ3v) is 7.30. The van der Waals surface area contributed by atoms with Crippen molar-refractivity contribution in [2.24, 2.45) is 5.92 Å². The molecular formula is C23H32F5N3O3. The van der Waals surface area contributed by atoms with Gasteiger partial charge >= 0.3 is 6.18 Å². The molecule has 6 nitrogen and oxygen atoms in total. The first-order valence-electron chi connectivity index (χ1n) is 11.3. The number of nitrogens with zero attached hydrogens (tertiary/aromatic N) is 2. The van der Waals surface area contributed by atoms with Gasteiger partial charge in [-0.3, -0.25) is 9.69 Å². The normalized spacial score (nSPS) is 29.8. The van der Waals surface area contributed by atoms with E-state index in [-0.39, 0.29) is 18.2 Å². The van der Waals surface area contributed by atoms with Gasteiger partial charge in [0.2, 0.25) is 11.7 Å². The number of nitrogens with one attached hydrogen (secondary N) is 1. The molecular weight excluding hydrogens is 461 g/mol. The van der Waals surface area contributed by atoms with Gasteiger partial charge in [-0.25, -0.2) is 4.39 Å². The van der Waals surface area contributed by atoms with E-state index in [4.69, 9.17) is 9.47 Å². The number of ether oxygens (including phenoxy) is 2. The molecule has 5 atom stereocenters. The molecule has 1 aromatic rings. The predicted octanol–water partition coefficient (Wildman–Crippen LogP) is 3.17. The number of rotatable bonds is 6. The largest absolute Gasteiger partial charge is 0.493 e. The summed E-state index contributed by atoms with van der Waals surface area (Å²) < 4.78 is 80.6. The Labute approximate surface area is 196 Å². The van der Waals surface area contributed by atoms with E-state index in [1.807, 2.05) is 14.0 Å². The number of amides is 1. The van der Waals surface area contributed by atoms with Crippen molar-refractivity contribution in [1.82, 2.24) is 15.1 Å². The fourth-order valence-electron chi connectivity index (χ4n) is 4.78. The molecule has 34 heavy (non-hydrogen) atoms. The third kappa shape index (κ3) is 4.87. The number of carbonyl (C=O) groups excluding carboxylic acids is 1. The number of hydrogen-bond acceptors (Lipinski definition) is 5. The van der Waals surface area contributed by atoms with Crippen LogP contribution in [0.15, 0.2) is 12.1 Å². The Hall–Kier alpha value is -1.98. The fourth-order valence-corrected chi connectivity index (χ4v) is 4.78. The van der Waals surface area contributed by atoms with E-state index in [0.29, 0.717) is 0 Å². The van der Waals surface area contributed by atoms with Crippen LogP contribution in [0.25, 0.3) is 0 Å². The summed E-state index contributed by atoms with van der Waals surface area (Å²) in [6, 6.07) is 1.92. The highest BCUT2D eigenvalue weighted by molar-refractivity contribution is 5.83. The molecule has 1 N–H and O–H groups in total. The molecule has 2 fully saturated rings. The summed E-state index contributed by atoms with van der Waals surface area (Å²) in [5, 5.41) is 2.71. The first-order valence-corrected chi connectivity index (χ1v) is 11.3. The van der Waals surface area contributed by atoms with Crippen LogP contribution in [0.4, 0.5) is 22.0 Å². The highest BCUT2D eigenvalue weighted by Crippen LogP contribution is 2.54. The molecule has 3 rings (SSSR count). The van der Waals surface area contributed by atoms with Crippen LogP contribution in [0.1, 0.15) is 32.3 Å². The van der Waals surface area contributed by atoms with Crippen molar-refractivity contribution >= 4 is 5.91 Å². The summed E-state index contributed by atoms with van der Waals surface area (Å²) in [5.41, 5.74) is -2.72. The molecule has 0 bridgehead atoms. The maximum Gasteiger partial charge on any atom is 0.417 e. The number of benzene rings is 1. The SMILES string of the molecule is COc1c([C@H]2[C@H](C(=O)NC[C@H](C)N3CCN(C)CC3)O[C@@](C)(C(F)(F)F)[C@H]2C)ccc(F)c1F. The Bertz CT molecular complexity index is 891. The van der Waals surface area contributed by atoms with Crippen molar-refractivity contribution in [3.63, 3.8) is 0 Å². The number of carbonyl (C=O) groups is 1. The van der Waals surface area contributed by atoms with Gasteiger partial charge in [-0.05, 0) is 27.0 Å². The van der Waals surface area contributed by atoms with Crippen LogP contribution in [-0.4, -0.2) is 86.5 Å². The van der Waals surface area contributed by atoms with Gasteiger partial charge in [0.15, 0.2) is 17.2 Å². The number of likely N-dealkylation sites (N-methyl/N-ethyl adjacent to an activating group) is 1. The summed E-state index contributed by atoms with van der Waals surface area (Å²) in [6.07, 6.45) is -6.36. The minimum Gasteiger partial charge on any atom is -0.493 e. The van der Waals surface area contributed by atoms with Gasteiger partial charge in [-0.1, -0.05) is 13.0 Å². The van der Waals surface area contributed by atoms with E-state index in [9.17, 15) is 26.7 Å². The second-order valence-electron chi connectivity index (χ2n) is 9.37. The van der Waals surface area contributed by atoms with E-state index >= 15 is 0 Å². The maximum absolute atomic E-state index is 14.4.